The molecule has 5 nitrogen and oxygen atoms in total. The Bertz CT molecular complexity index is 554. The minimum Gasteiger partial charge on any atom is -0.494 e. The number of amides is 1. The van der Waals surface area contributed by atoms with Crippen molar-refractivity contribution in [1.82, 2.24) is 15.1 Å². The Morgan fingerprint density at radius 1 is 1.12 bits per heavy atom. The van der Waals surface area contributed by atoms with Gasteiger partial charge in [-0.3, -0.25) is 10.1 Å². The summed E-state index contributed by atoms with van der Waals surface area (Å²) in [4.78, 5) is 16.6. The van der Waals surface area contributed by atoms with Crippen molar-refractivity contribution in [2.45, 2.75) is 32.6 Å². The van der Waals surface area contributed by atoms with Gasteiger partial charge in [0.15, 0.2) is 5.11 Å². The maximum Gasteiger partial charge on any atom is 0.257 e. The molecule has 0 bridgehead atoms. The van der Waals surface area contributed by atoms with E-state index in [-0.39, 0.29) is 5.91 Å². The van der Waals surface area contributed by atoms with Crippen LogP contribution in [0.1, 0.15) is 43.0 Å². The smallest absolute Gasteiger partial charge is 0.257 e. The van der Waals surface area contributed by atoms with Crippen LogP contribution in [0.15, 0.2) is 24.3 Å². The van der Waals surface area contributed by atoms with E-state index in [1.54, 1.807) is 12.1 Å². The lowest BCUT2D eigenvalue weighted by Gasteiger charge is -2.33. The van der Waals surface area contributed by atoms with Crippen molar-refractivity contribution in [2.24, 2.45) is 0 Å². The van der Waals surface area contributed by atoms with Gasteiger partial charge in [-0.1, -0.05) is 26.2 Å². The number of ether oxygens (including phenoxy) is 1. The minimum absolute atomic E-state index is 0.168. The second-order valence-corrected chi connectivity index (χ2v) is 6.87. The largest absolute Gasteiger partial charge is 0.494 e. The van der Waals surface area contributed by atoms with Crippen LogP contribution in [0.4, 0.5) is 0 Å². The first kappa shape index (κ1) is 19.7. The van der Waals surface area contributed by atoms with E-state index in [1.165, 1.54) is 19.3 Å². The zero-order valence-corrected chi connectivity index (χ0v) is 16.1. The third kappa shape index (κ3) is 6.63. The monoisotopic (exact) mass is 363 g/mol. The van der Waals surface area contributed by atoms with Gasteiger partial charge in [0.05, 0.1) is 6.61 Å². The summed E-state index contributed by atoms with van der Waals surface area (Å²) in [5, 5.41) is 3.33. The van der Waals surface area contributed by atoms with E-state index in [0.29, 0.717) is 10.7 Å². The summed E-state index contributed by atoms with van der Waals surface area (Å²) in [6, 6.07) is 7.24. The molecule has 1 saturated heterocycles. The predicted molar refractivity (Wildman–Crippen MR) is 105 cm³/mol. The summed E-state index contributed by atoms with van der Waals surface area (Å²) in [6.07, 6.45) is 4.73. The fourth-order valence-electron chi connectivity index (χ4n) is 2.68. The molecule has 0 aromatic heterocycles. The molecule has 138 valence electrons. The van der Waals surface area contributed by atoms with Crippen LogP contribution >= 0.6 is 12.2 Å². The molecule has 1 fully saturated rings. The number of piperazine rings is 1. The topological polar surface area (TPSA) is 44.8 Å². The maximum atomic E-state index is 12.3. The number of thiocarbonyl (C=S) groups is 1. The number of nitrogens with one attached hydrogen (secondary N) is 1. The normalized spacial score (nSPS) is 15.0. The number of rotatable bonds is 7. The molecular weight excluding hydrogens is 334 g/mol. The highest BCUT2D eigenvalue weighted by molar-refractivity contribution is 7.80. The van der Waals surface area contributed by atoms with Crippen molar-refractivity contribution in [3.8, 4) is 5.75 Å². The number of hydrogen-bond acceptors (Lipinski definition) is 4. The number of likely N-dealkylation sites (N-methyl/N-ethyl adjacent to an activating group) is 1. The number of hydrogen-bond donors (Lipinski definition) is 1. The minimum atomic E-state index is -0.168. The lowest BCUT2D eigenvalue weighted by Crippen LogP contribution is -2.51. The molecule has 0 saturated carbocycles. The lowest BCUT2D eigenvalue weighted by molar-refractivity contribution is 0.0970. The van der Waals surface area contributed by atoms with Crippen molar-refractivity contribution in [3.05, 3.63) is 29.8 Å². The van der Waals surface area contributed by atoms with E-state index in [1.807, 2.05) is 17.0 Å². The van der Waals surface area contributed by atoms with Crippen LogP contribution in [0.2, 0.25) is 0 Å². The Balaban J connectivity index is 1.76. The predicted octanol–water partition coefficient (Wildman–Crippen LogP) is 2.91. The summed E-state index contributed by atoms with van der Waals surface area (Å²) in [6.45, 7) is 6.53. The first-order valence-corrected chi connectivity index (χ1v) is 9.52. The standard InChI is InChI=1S/C19H29N3O2S/c1-3-4-5-6-15-24-17-9-7-16(8-10-17)18(23)20-19(25)22-13-11-21(2)12-14-22/h7-10H,3-6,11-15H2,1-2H3,(H,20,23,25). The molecule has 0 radical (unpaired) electrons. The maximum absolute atomic E-state index is 12.3. The second kappa shape index (κ2) is 10.4. The van der Waals surface area contributed by atoms with Crippen LogP contribution in [0, 0.1) is 0 Å². The molecule has 1 heterocycles. The second-order valence-electron chi connectivity index (χ2n) is 6.48. The van der Waals surface area contributed by atoms with Crippen LogP contribution in [0.3, 0.4) is 0 Å². The lowest BCUT2D eigenvalue weighted by atomic mass is 10.2. The van der Waals surface area contributed by atoms with E-state index >= 15 is 0 Å². The van der Waals surface area contributed by atoms with Gasteiger partial charge in [-0.05, 0) is 50.0 Å². The zero-order chi connectivity index (χ0) is 18.1. The Kier molecular flexibility index (Phi) is 8.15. The molecule has 1 aromatic rings. The van der Waals surface area contributed by atoms with Gasteiger partial charge in [0.1, 0.15) is 5.75 Å². The average molecular weight is 364 g/mol. The van der Waals surface area contributed by atoms with E-state index in [9.17, 15) is 4.79 Å². The molecule has 25 heavy (non-hydrogen) atoms. The third-order valence-electron chi connectivity index (χ3n) is 4.39. The molecule has 0 atom stereocenters. The third-order valence-corrected chi connectivity index (χ3v) is 4.75. The van der Waals surface area contributed by atoms with Crippen LogP contribution in [0.5, 0.6) is 5.75 Å². The molecule has 6 heteroatoms. The van der Waals surface area contributed by atoms with E-state index in [0.717, 1.165) is 45.0 Å². The SMILES string of the molecule is CCCCCCOc1ccc(C(=O)NC(=S)N2CCN(C)CC2)cc1. The summed E-state index contributed by atoms with van der Waals surface area (Å²) >= 11 is 5.36. The zero-order valence-electron chi connectivity index (χ0n) is 15.3. The van der Waals surface area contributed by atoms with Crippen molar-refractivity contribution in [3.63, 3.8) is 0 Å². The Hall–Kier alpha value is -1.66. The van der Waals surface area contributed by atoms with Gasteiger partial charge in [0.25, 0.3) is 5.91 Å². The van der Waals surface area contributed by atoms with Crippen LogP contribution in [-0.2, 0) is 0 Å². The van der Waals surface area contributed by atoms with Crippen molar-refractivity contribution in [1.29, 1.82) is 0 Å². The number of benzene rings is 1. The van der Waals surface area contributed by atoms with Crippen LogP contribution < -0.4 is 10.1 Å². The molecule has 1 amide bonds. The molecule has 1 aromatic carbocycles. The Labute approximate surface area is 156 Å². The average Bonchev–Trinajstić information content (AvgIpc) is 2.62. The quantitative estimate of drug-likeness (QED) is 0.596. The van der Waals surface area contributed by atoms with E-state index in [2.05, 4.69) is 24.2 Å². The Morgan fingerprint density at radius 3 is 2.44 bits per heavy atom. The number of carbonyl (C=O) groups excluding carboxylic acids is 1. The van der Waals surface area contributed by atoms with Gasteiger partial charge in [-0.2, -0.15) is 0 Å². The molecule has 0 spiro atoms. The first-order chi connectivity index (χ1) is 12.1. The van der Waals surface area contributed by atoms with Crippen LogP contribution in [-0.4, -0.2) is 60.7 Å². The van der Waals surface area contributed by atoms with Gasteiger partial charge >= 0.3 is 0 Å². The number of carbonyl (C=O) groups is 1. The summed E-state index contributed by atoms with van der Waals surface area (Å²) in [7, 11) is 2.09. The van der Waals surface area contributed by atoms with Gasteiger partial charge in [-0.15, -0.1) is 0 Å². The highest BCUT2D eigenvalue weighted by Gasteiger charge is 2.18. The van der Waals surface area contributed by atoms with Crippen molar-refractivity contribution >= 4 is 23.2 Å². The molecule has 1 N–H and O–H groups in total. The number of nitrogens with zero attached hydrogens (tertiary/aromatic N) is 2. The van der Waals surface area contributed by atoms with Crippen LogP contribution in [0.25, 0.3) is 0 Å². The highest BCUT2D eigenvalue weighted by Crippen LogP contribution is 2.13. The fraction of sp³-hybridized carbons (Fsp3) is 0.579. The number of unbranched alkanes of at least 4 members (excludes halogenated alkanes) is 3. The molecule has 0 unspecified atom stereocenters. The molecule has 0 aliphatic carbocycles. The summed E-state index contributed by atoms with van der Waals surface area (Å²) < 4.78 is 5.70. The van der Waals surface area contributed by atoms with Gasteiger partial charge < -0.3 is 14.5 Å². The summed E-state index contributed by atoms with van der Waals surface area (Å²) in [5.74, 6) is 0.633. The Morgan fingerprint density at radius 2 is 1.80 bits per heavy atom. The molecule has 1 aliphatic rings. The van der Waals surface area contributed by atoms with Gasteiger partial charge in [-0.25, -0.2) is 0 Å². The highest BCUT2D eigenvalue weighted by atomic mass is 32.1. The van der Waals surface area contributed by atoms with Crippen molar-refractivity contribution < 1.29 is 9.53 Å². The van der Waals surface area contributed by atoms with Crippen molar-refractivity contribution in [2.75, 3.05) is 39.8 Å². The van der Waals surface area contributed by atoms with Gasteiger partial charge in [0.2, 0.25) is 0 Å². The first-order valence-electron chi connectivity index (χ1n) is 9.12. The molecule has 1 aliphatic heterocycles. The fourth-order valence-corrected chi connectivity index (χ4v) is 2.95. The molecule has 2 rings (SSSR count). The van der Waals surface area contributed by atoms with E-state index < -0.39 is 0 Å². The van der Waals surface area contributed by atoms with E-state index in [4.69, 9.17) is 17.0 Å². The molecular formula is C19H29N3O2S. The summed E-state index contributed by atoms with van der Waals surface area (Å²) in [5.41, 5.74) is 0.592. The van der Waals surface area contributed by atoms with Gasteiger partial charge in [0, 0.05) is 31.7 Å².